The van der Waals surface area contributed by atoms with Gasteiger partial charge in [0.25, 0.3) is 0 Å². The van der Waals surface area contributed by atoms with Crippen molar-refractivity contribution in [1.82, 2.24) is 15.1 Å². The van der Waals surface area contributed by atoms with Gasteiger partial charge in [-0.25, -0.2) is 0 Å². The zero-order valence-corrected chi connectivity index (χ0v) is 14.3. The summed E-state index contributed by atoms with van der Waals surface area (Å²) in [6.45, 7) is 2.79. The van der Waals surface area contributed by atoms with Crippen LogP contribution in [0.25, 0.3) is 11.3 Å². The lowest BCUT2D eigenvalue weighted by Crippen LogP contribution is -2.41. The molecule has 0 radical (unpaired) electrons. The van der Waals surface area contributed by atoms with Crippen molar-refractivity contribution in [2.75, 3.05) is 38.8 Å². The number of morpholine rings is 1. The van der Waals surface area contributed by atoms with E-state index in [1.807, 2.05) is 35.2 Å². The van der Waals surface area contributed by atoms with Gasteiger partial charge in [-0.05, 0) is 30.3 Å². The van der Waals surface area contributed by atoms with Crippen molar-refractivity contribution in [2.24, 2.45) is 0 Å². The van der Waals surface area contributed by atoms with Crippen molar-refractivity contribution in [3.63, 3.8) is 0 Å². The first-order valence-corrected chi connectivity index (χ1v) is 9.00. The number of hydrogen-bond donors (Lipinski definition) is 0. The number of carbonyl (C=O) groups excluding carboxylic acids is 1. The molecule has 1 amide bonds. The maximum atomic E-state index is 12.1. The van der Waals surface area contributed by atoms with Gasteiger partial charge in [0.15, 0.2) is 11.5 Å². The highest BCUT2D eigenvalue weighted by atomic mass is 32.2. The first-order valence-electron chi connectivity index (χ1n) is 8.02. The van der Waals surface area contributed by atoms with Crippen LogP contribution in [0.3, 0.4) is 0 Å². The largest absolute Gasteiger partial charge is 0.454 e. The van der Waals surface area contributed by atoms with Gasteiger partial charge in [0, 0.05) is 18.7 Å². The second-order valence-corrected chi connectivity index (χ2v) is 6.60. The molecule has 25 heavy (non-hydrogen) atoms. The molecule has 7 nitrogen and oxygen atoms in total. The molecule has 2 aliphatic rings. The number of carbonyl (C=O) groups is 1. The summed E-state index contributed by atoms with van der Waals surface area (Å²) < 4.78 is 15.9. The molecule has 0 bridgehead atoms. The quantitative estimate of drug-likeness (QED) is 0.771. The Morgan fingerprint density at radius 2 is 1.92 bits per heavy atom. The third-order valence-corrected chi connectivity index (χ3v) is 4.92. The first-order chi connectivity index (χ1) is 12.3. The van der Waals surface area contributed by atoms with E-state index in [1.54, 1.807) is 0 Å². The molecule has 130 valence electrons. The van der Waals surface area contributed by atoms with E-state index in [9.17, 15) is 4.79 Å². The number of aromatic nitrogens is 2. The summed E-state index contributed by atoms with van der Waals surface area (Å²) in [7, 11) is 0. The van der Waals surface area contributed by atoms with Gasteiger partial charge < -0.3 is 19.1 Å². The minimum Gasteiger partial charge on any atom is -0.454 e. The fourth-order valence-corrected chi connectivity index (χ4v) is 3.36. The van der Waals surface area contributed by atoms with E-state index in [0.29, 0.717) is 37.8 Å². The zero-order valence-electron chi connectivity index (χ0n) is 13.5. The Morgan fingerprint density at radius 3 is 2.72 bits per heavy atom. The van der Waals surface area contributed by atoms with Gasteiger partial charge in [-0.15, -0.1) is 10.2 Å². The van der Waals surface area contributed by atoms with Gasteiger partial charge in [-0.3, -0.25) is 4.79 Å². The zero-order chi connectivity index (χ0) is 17.1. The predicted octanol–water partition coefficient (Wildman–Crippen LogP) is 1.82. The molecule has 1 aromatic carbocycles. The Kier molecular flexibility index (Phi) is 4.71. The van der Waals surface area contributed by atoms with E-state index in [1.165, 1.54) is 11.8 Å². The molecule has 2 aromatic rings. The molecule has 0 spiro atoms. The molecule has 2 aliphatic heterocycles. The average Bonchev–Trinajstić information content (AvgIpc) is 3.15. The summed E-state index contributed by atoms with van der Waals surface area (Å²) in [5, 5.41) is 9.19. The molecule has 4 rings (SSSR count). The third-order valence-electron chi connectivity index (χ3n) is 4.02. The summed E-state index contributed by atoms with van der Waals surface area (Å²) in [5.41, 5.74) is 1.67. The van der Waals surface area contributed by atoms with E-state index in [2.05, 4.69) is 10.2 Å². The van der Waals surface area contributed by atoms with Gasteiger partial charge in [0.1, 0.15) is 5.03 Å². The fraction of sp³-hybridized carbons (Fsp3) is 0.353. The maximum Gasteiger partial charge on any atom is 0.233 e. The number of nitrogens with zero attached hydrogens (tertiary/aromatic N) is 3. The molecule has 0 aliphatic carbocycles. The van der Waals surface area contributed by atoms with Gasteiger partial charge in [-0.2, -0.15) is 0 Å². The van der Waals surface area contributed by atoms with Crippen LogP contribution in [0.1, 0.15) is 0 Å². The van der Waals surface area contributed by atoms with Gasteiger partial charge in [0.05, 0.1) is 24.7 Å². The Hall–Kier alpha value is -2.32. The number of rotatable bonds is 4. The van der Waals surface area contributed by atoms with E-state index in [4.69, 9.17) is 14.2 Å². The van der Waals surface area contributed by atoms with Crippen molar-refractivity contribution in [1.29, 1.82) is 0 Å². The first kappa shape index (κ1) is 16.2. The second kappa shape index (κ2) is 7.28. The van der Waals surface area contributed by atoms with Crippen LogP contribution in [0.4, 0.5) is 0 Å². The minimum atomic E-state index is 0.106. The topological polar surface area (TPSA) is 73.8 Å². The van der Waals surface area contributed by atoms with Crippen molar-refractivity contribution in [3.05, 3.63) is 30.3 Å². The number of amides is 1. The highest BCUT2D eigenvalue weighted by Gasteiger charge is 2.17. The van der Waals surface area contributed by atoms with Gasteiger partial charge >= 0.3 is 0 Å². The highest BCUT2D eigenvalue weighted by molar-refractivity contribution is 7.99. The molecular formula is C17H17N3O4S. The predicted molar refractivity (Wildman–Crippen MR) is 91.7 cm³/mol. The summed E-state index contributed by atoms with van der Waals surface area (Å²) in [6, 6.07) is 9.45. The van der Waals surface area contributed by atoms with Crippen LogP contribution >= 0.6 is 11.8 Å². The molecule has 1 aromatic heterocycles. The standard InChI is InChI=1S/C17H17N3O4S/c21-17(20-5-7-22-8-6-20)10-25-16-4-2-13(18-19-16)12-1-3-14-15(9-12)24-11-23-14/h1-4,9H,5-8,10-11H2. The monoisotopic (exact) mass is 359 g/mol. The van der Waals surface area contributed by atoms with E-state index in [0.717, 1.165) is 22.0 Å². The number of ether oxygens (including phenoxy) is 3. The molecule has 0 saturated carbocycles. The van der Waals surface area contributed by atoms with Crippen LogP contribution in [0.2, 0.25) is 0 Å². The fourth-order valence-electron chi connectivity index (χ4n) is 2.65. The molecule has 0 unspecified atom stereocenters. The maximum absolute atomic E-state index is 12.1. The Morgan fingerprint density at radius 1 is 1.08 bits per heavy atom. The summed E-state index contributed by atoms with van der Waals surface area (Å²) in [5.74, 6) is 1.92. The number of fused-ring (bicyclic) bond motifs is 1. The smallest absolute Gasteiger partial charge is 0.233 e. The molecule has 0 N–H and O–H groups in total. The van der Waals surface area contributed by atoms with Crippen LogP contribution in [0.15, 0.2) is 35.4 Å². The normalized spacial score (nSPS) is 16.1. The molecule has 1 fully saturated rings. The van der Waals surface area contributed by atoms with Gasteiger partial charge in [0.2, 0.25) is 12.7 Å². The van der Waals surface area contributed by atoms with Crippen molar-refractivity contribution in [3.8, 4) is 22.8 Å². The van der Waals surface area contributed by atoms with E-state index < -0.39 is 0 Å². The highest BCUT2D eigenvalue weighted by Crippen LogP contribution is 2.35. The van der Waals surface area contributed by atoms with Crippen LogP contribution in [0.5, 0.6) is 11.5 Å². The Labute approximate surface area is 149 Å². The number of thioether (sulfide) groups is 1. The van der Waals surface area contributed by atoms with Crippen LogP contribution in [-0.2, 0) is 9.53 Å². The lowest BCUT2D eigenvalue weighted by molar-refractivity contribution is -0.132. The van der Waals surface area contributed by atoms with Crippen molar-refractivity contribution >= 4 is 17.7 Å². The number of hydrogen-bond acceptors (Lipinski definition) is 7. The van der Waals surface area contributed by atoms with Crippen molar-refractivity contribution < 1.29 is 19.0 Å². The lowest BCUT2D eigenvalue weighted by Gasteiger charge is -2.26. The molecule has 0 atom stereocenters. The Bertz CT molecular complexity index is 763. The SMILES string of the molecule is O=C(CSc1ccc(-c2ccc3c(c2)OCO3)nn1)N1CCOCC1. The van der Waals surface area contributed by atoms with E-state index in [-0.39, 0.29) is 12.7 Å². The molecule has 3 heterocycles. The van der Waals surface area contributed by atoms with Crippen LogP contribution in [-0.4, -0.2) is 59.9 Å². The number of benzene rings is 1. The molecular weight excluding hydrogens is 342 g/mol. The third kappa shape index (κ3) is 3.69. The molecule has 1 saturated heterocycles. The average molecular weight is 359 g/mol. The van der Waals surface area contributed by atoms with Crippen LogP contribution in [0, 0.1) is 0 Å². The lowest BCUT2D eigenvalue weighted by atomic mass is 10.1. The van der Waals surface area contributed by atoms with E-state index >= 15 is 0 Å². The molecule has 8 heteroatoms. The summed E-state index contributed by atoms with van der Waals surface area (Å²) >= 11 is 1.40. The summed E-state index contributed by atoms with van der Waals surface area (Å²) in [4.78, 5) is 14.0. The summed E-state index contributed by atoms with van der Waals surface area (Å²) in [6.07, 6.45) is 0. The minimum absolute atomic E-state index is 0.106. The van der Waals surface area contributed by atoms with Crippen molar-refractivity contribution in [2.45, 2.75) is 5.03 Å². The van der Waals surface area contributed by atoms with Crippen LogP contribution < -0.4 is 9.47 Å². The van der Waals surface area contributed by atoms with Gasteiger partial charge in [-0.1, -0.05) is 11.8 Å². The Balaban J connectivity index is 1.37. The second-order valence-electron chi connectivity index (χ2n) is 5.61.